The molecule has 5 nitrogen and oxygen atoms in total. The standard InChI is InChI=1S/C21H33N5/c1-15(2)26-13-10-17(11-14-26)25-21(22-4)23-12-9-18-16(3)24-20-8-6-5-7-19(18)20/h5-8,15,17,24H,9-14H2,1-4H3,(H2,22,23,25). The van der Waals surface area contributed by atoms with Crippen LogP contribution >= 0.6 is 0 Å². The molecule has 26 heavy (non-hydrogen) atoms. The van der Waals surface area contributed by atoms with Gasteiger partial charge >= 0.3 is 0 Å². The van der Waals surface area contributed by atoms with Gasteiger partial charge in [-0.3, -0.25) is 4.99 Å². The van der Waals surface area contributed by atoms with E-state index in [1.54, 1.807) is 0 Å². The minimum absolute atomic E-state index is 0.519. The summed E-state index contributed by atoms with van der Waals surface area (Å²) in [7, 11) is 1.86. The number of nitrogens with one attached hydrogen (secondary N) is 3. The molecule has 5 heteroatoms. The van der Waals surface area contributed by atoms with Crippen LogP contribution in [0, 0.1) is 6.92 Å². The molecule has 1 aromatic carbocycles. The number of benzene rings is 1. The van der Waals surface area contributed by atoms with Crippen LogP contribution in [0.1, 0.15) is 37.9 Å². The van der Waals surface area contributed by atoms with Crippen molar-refractivity contribution in [2.45, 2.75) is 52.1 Å². The van der Waals surface area contributed by atoms with Crippen LogP contribution in [0.4, 0.5) is 0 Å². The Morgan fingerprint density at radius 1 is 1.27 bits per heavy atom. The molecule has 1 saturated heterocycles. The molecule has 2 heterocycles. The van der Waals surface area contributed by atoms with E-state index < -0.39 is 0 Å². The highest BCUT2D eigenvalue weighted by Gasteiger charge is 2.21. The van der Waals surface area contributed by atoms with Gasteiger partial charge in [0.1, 0.15) is 0 Å². The smallest absolute Gasteiger partial charge is 0.191 e. The number of rotatable bonds is 5. The summed E-state index contributed by atoms with van der Waals surface area (Å²) in [6.45, 7) is 9.93. The molecule has 0 spiro atoms. The van der Waals surface area contributed by atoms with Crippen molar-refractivity contribution in [1.82, 2.24) is 20.5 Å². The zero-order chi connectivity index (χ0) is 18.5. The van der Waals surface area contributed by atoms with E-state index in [4.69, 9.17) is 0 Å². The van der Waals surface area contributed by atoms with Gasteiger partial charge in [-0.05, 0) is 51.7 Å². The molecule has 1 fully saturated rings. The van der Waals surface area contributed by atoms with E-state index in [9.17, 15) is 0 Å². The Hall–Kier alpha value is -2.01. The number of H-pyrrole nitrogens is 1. The molecule has 0 unspecified atom stereocenters. The number of aliphatic imine (C=N–C) groups is 1. The highest BCUT2D eigenvalue weighted by atomic mass is 15.2. The Balaban J connectivity index is 1.50. The first-order valence-electron chi connectivity index (χ1n) is 9.86. The monoisotopic (exact) mass is 355 g/mol. The van der Waals surface area contributed by atoms with Gasteiger partial charge in [0.15, 0.2) is 5.96 Å². The molecule has 0 amide bonds. The van der Waals surface area contributed by atoms with Crippen LogP contribution in [0.5, 0.6) is 0 Å². The fourth-order valence-electron chi connectivity index (χ4n) is 3.91. The second-order valence-corrected chi connectivity index (χ2v) is 7.57. The number of guanidine groups is 1. The van der Waals surface area contributed by atoms with Crippen LogP contribution in [0.15, 0.2) is 29.3 Å². The normalized spacial score (nSPS) is 17.2. The van der Waals surface area contributed by atoms with Crippen molar-refractivity contribution in [3.63, 3.8) is 0 Å². The van der Waals surface area contributed by atoms with Crippen LogP contribution in [-0.2, 0) is 6.42 Å². The van der Waals surface area contributed by atoms with Gasteiger partial charge in [-0.15, -0.1) is 0 Å². The molecule has 3 N–H and O–H groups in total. The third kappa shape index (κ3) is 4.39. The number of nitrogens with zero attached hydrogens (tertiary/aromatic N) is 2. The summed E-state index contributed by atoms with van der Waals surface area (Å²) >= 11 is 0. The first-order valence-corrected chi connectivity index (χ1v) is 9.86. The Labute approximate surface area is 157 Å². The van der Waals surface area contributed by atoms with Gasteiger partial charge in [0.05, 0.1) is 0 Å². The molecule has 0 bridgehead atoms. The second kappa shape index (κ2) is 8.58. The number of likely N-dealkylation sites (tertiary alicyclic amines) is 1. The van der Waals surface area contributed by atoms with Gasteiger partial charge in [0, 0.05) is 55.4 Å². The van der Waals surface area contributed by atoms with Crippen molar-refractivity contribution < 1.29 is 0 Å². The zero-order valence-corrected chi connectivity index (χ0v) is 16.6. The lowest BCUT2D eigenvalue weighted by Gasteiger charge is -2.35. The summed E-state index contributed by atoms with van der Waals surface area (Å²) < 4.78 is 0. The molecule has 3 rings (SSSR count). The van der Waals surface area contributed by atoms with Crippen LogP contribution in [-0.4, -0.2) is 54.6 Å². The topological polar surface area (TPSA) is 55.5 Å². The van der Waals surface area contributed by atoms with E-state index in [1.807, 2.05) is 7.05 Å². The third-order valence-corrected chi connectivity index (χ3v) is 5.52. The van der Waals surface area contributed by atoms with Gasteiger partial charge in [-0.2, -0.15) is 0 Å². The van der Waals surface area contributed by atoms with Crippen LogP contribution in [0.25, 0.3) is 10.9 Å². The van der Waals surface area contributed by atoms with Gasteiger partial charge in [0.25, 0.3) is 0 Å². The van der Waals surface area contributed by atoms with Crippen LogP contribution < -0.4 is 10.6 Å². The summed E-state index contributed by atoms with van der Waals surface area (Å²) in [5.41, 5.74) is 3.88. The van der Waals surface area contributed by atoms with Crippen molar-refractivity contribution in [2.75, 3.05) is 26.7 Å². The quantitative estimate of drug-likeness (QED) is 0.571. The molecule has 0 saturated carbocycles. The largest absolute Gasteiger partial charge is 0.358 e. The lowest BCUT2D eigenvalue weighted by molar-refractivity contribution is 0.167. The minimum Gasteiger partial charge on any atom is -0.358 e. The number of aromatic amines is 1. The number of fused-ring (bicyclic) bond motifs is 1. The SMILES string of the molecule is CN=C(NCCc1c(C)[nH]c2ccccc12)NC1CCN(C(C)C)CC1. The van der Waals surface area contributed by atoms with Crippen molar-refractivity contribution >= 4 is 16.9 Å². The highest BCUT2D eigenvalue weighted by molar-refractivity contribution is 5.84. The predicted octanol–water partition coefficient (Wildman–Crippen LogP) is 3.06. The number of hydrogen-bond donors (Lipinski definition) is 3. The molecular formula is C21H33N5. The van der Waals surface area contributed by atoms with Gasteiger partial charge in [-0.25, -0.2) is 0 Å². The molecule has 0 radical (unpaired) electrons. The Kier molecular flexibility index (Phi) is 6.20. The first-order chi connectivity index (χ1) is 12.6. The maximum atomic E-state index is 4.41. The van der Waals surface area contributed by atoms with Gasteiger partial charge in [-0.1, -0.05) is 18.2 Å². The maximum absolute atomic E-state index is 4.41. The summed E-state index contributed by atoms with van der Waals surface area (Å²) in [5, 5.41) is 8.42. The predicted molar refractivity (Wildman–Crippen MR) is 111 cm³/mol. The van der Waals surface area contributed by atoms with E-state index >= 15 is 0 Å². The first kappa shape index (κ1) is 18.8. The average molecular weight is 356 g/mol. The average Bonchev–Trinajstić information content (AvgIpc) is 2.96. The lowest BCUT2D eigenvalue weighted by atomic mass is 10.0. The van der Waals surface area contributed by atoms with Crippen LogP contribution in [0.3, 0.4) is 0 Å². The maximum Gasteiger partial charge on any atom is 0.191 e. The number of aromatic nitrogens is 1. The summed E-state index contributed by atoms with van der Waals surface area (Å²) in [6, 6.07) is 9.69. The number of aryl methyl sites for hydroxylation is 1. The fourth-order valence-corrected chi connectivity index (χ4v) is 3.91. The van der Waals surface area contributed by atoms with Crippen molar-refractivity contribution in [2.24, 2.45) is 4.99 Å². The minimum atomic E-state index is 0.519. The van der Waals surface area contributed by atoms with Crippen molar-refractivity contribution in [1.29, 1.82) is 0 Å². The highest BCUT2D eigenvalue weighted by Crippen LogP contribution is 2.21. The number of para-hydroxylation sites is 1. The van der Waals surface area contributed by atoms with Crippen molar-refractivity contribution in [3.8, 4) is 0 Å². The molecule has 142 valence electrons. The molecule has 0 aliphatic carbocycles. The summed E-state index contributed by atoms with van der Waals surface area (Å²) in [5.74, 6) is 0.922. The molecular weight excluding hydrogens is 322 g/mol. The van der Waals surface area contributed by atoms with E-state index in [1.165, 1.54) is 48.1 Å². The van der Waals surface area contributed by atoms with E-state index in [0.717, 1.165) is 18.9 Å². The molecule has 1 aliphatic heterocycles. The third-order valence-electron chi connectivity index (χ3n) is 5.52. The molecule has 1 aliphatic rings. The Bertz CT molecular complexity index is 738. The van der Waals surface area contributed by atoms with Gasteiger partial charge < -0.3 is 20.5 Å². The number of hydrogen-bond acceptors (Lipinski definition) is 2. The Morgan fingerprint density at radius 2 is 2.00 bits per heavy atom. The second-order valence-electron chi connectivity index (χ2n) is 7.57. The molecule has 2 aromatic rings. The lowest BCUT2D eigenvalue weighted by Crippen LogP contribution is -2.50. The molecule has 0 atom stereocenters. The van der Waals surface area contributed by atoms with E-state index in [0.29, 0.717) is 12.1 Å². The zero-order valence-electron chi connectivity index (χ0n) is 16.6. The Morgan fingerprint density at radius 3 is 2.69 bits per heavy atom. The van der Waals surface area contributed by atoms with E-state index in [-0.39, 0.29) is 0 Å². The van der Waals surface area contributed by atoms with Gasteiger partial charge in [0.2, 0.25) is 0 Å². The number of piperidine rings is 1. The van der Waals surface area contributed by atoms with Crippen molar-refractivity contribution in [3.05, 3.63) is 35.5 Å². The van der Waals surface area contributed by atoms with Crippen LogP contribution in [0.2, 0.25) is 0 Å². The van der Waals surface area contributed by atoms with E-state index in [2.05, 4.69) is 70.5 Å². The summed E-state index contributed by atoms with van der Waals surface area (Å²) in [6.07, 6.45) is 3.35. The molecule has 1 aromatic heterocycles. The summed E-state index contributed by atoms with van der Waals surface area (Å²) in [4.78, 5) is 10.4. The fraction of sp³-hybridized carbons (Fsp3) is 0.571.